The van der Waals surface area contributed by atoms with Crippen LogP contribution in [-0.2, 0) is 5.41 Å². The number of pyridine rings is 1. The van der Waals surface area contributed by atoms with Gasteiger partial charge in [-0.2, -0.15) is 0 Å². The van der Waals surface area contributed by atoms with E-state index in [0.717, 1.165) is 63.2 Å². The Morgan fingerprint density at radius 3 is 2.45 bits per heavy atom. The van der Waals surface area contributed by atoms with Gasteiger partial charge in [0.25, 0.3) is 0 Å². The standard InChI is InChI=1S/C34H29N3O/c1-3-34(2)22-37(27-16-9-8-15-25(27)34)28-17-11-21-35-33(28)36-26-19-20-30-32(24-14-7-10-18-29(24)38-30)31(26)23-12-5-4-6-13-23/h4-21H,3,22H2,1-2H3,(H,35,36). The van der Waals surface area contributed by atoms with E-state index < -0.39 is 0 Å². The largest absolute Gasteiger partial charge is 0.456 e. The van der Waals surface area contributed by atoms with Crippen LogP contribution in [0.25, 0.3) is 33.1 Å². The molecule has 0 aliphatic carbocycles. The van der Waals surface area contributed by atoms with Crippen LogP contribution in [0.1, 0.15) is 25.8 Å². The maximum absolute atomic E-state index is 6.25. The predicted octanol–water partition coefficient (Wildman–Crippen LogP) is 9.21. The normalized spacial score (nSPS) is 16.7. The zero-order valence-corrected chi connectivity index (χ0v) is 21.6. The summed E-state index contributed by atoms with van der Waals surface area (Å²) in [4.78, 5) is 7.27. The Morgan fingerprint density at radius 1 is 0.816 bits per heavy atom. The van der Waals surface area contributed by atoms with Crippen molar-refractivity contribution < 1.29 is 4.42 Å². The zero-order chi connectivity index (χ0) is 25.7. The van der Waals surface area contributed by atoms with Crippen molar-refractivity contribution in [2.45, 2.75) is 25.7 Å². The number of nitrogens with one attached hydrogen (secondary N) is 1. The third-order valence-electron chi connectivity index (χ3n) is 8.07. The molecular formula is C34H29N3O. The van der Waals surface area contributed by atoms with Crippen LogP contribution < -0.4 is 10.2 Å². The number of nitrogens with zero attached hydrogens (tertiary/aromatic N) is 2. The Kier molecular flexibility index (Phi) is 5.22. The lowest BCUT2D eigenvalue weighted by Gasteiger charge is -2.26. The highest BCUT2D eigenvalue weighted by Crippen LogP contribution is 2.48. The minimum absolute atomic E-state index is 0.0908. The summed E-state index contributed by atoms with van der Waals surface area (Å²) in [7, 11) is 0. The van der Waals surface area contributed by atoms with Crippen molar-refractivity contribution in [3.63, 3.8) is 0 Å². The molecule has 2 aromatic heterocycles. The molecule has 0 radical (unpaired) electrons. The lowest BCUT2D eigenvalue weighted by Crippen LogP contribution is -2.28. The van der Waals surface area contributed by atoms with E-state index in [9.17, 15) is 0 Å². The van der Waals surface area contributed by atoms with Crippen LogP contribution >= 0.6 is 0 Å². The van der Waals surface area contributed by atoms with Crippen LogP contribution in [0.15, 0.2) is 114 Å². The number of hydrogen-bond donors (Lipinski definition) is 1. The summed E-state index contributed by atoms with van der Waals surface area (Å²) in [5.41, 5.74) is 8.84. The van der Waals surface area contributed by atoms with Crippen molar-refractivity contribution in [2.75, 3.05) is 16.8 Å². The van der Waals surface area contributed by atoms with Gasteiger partial charge in [-0.25, -0.2) is 4.98 Å². The molecule has 38 heavy (non-hydrogen) atoms. The van der Waals surface area contributed by atoms with Gasteiger partial charge in [-0.3, -0.25) is 0 Å². The van der Waals surface area contributed by atoms with Crippen molar-refractivity contribution in [1.29, 1.82) is 0 Å². The van der Waals surface area contributed by atoms with E-state index in [1.54, 1.807) is 0 Å². The van der Waals surface area contributed by atoms with Crippen LogP contribution in [0, 0.1) is 0 Å². The third-order valence-corrected chi connectivity index (χ3v) is 8.07. The quantitative estimate of drug-likeness (QED) is 0.259. The summed E-state index contributed by atoms with van der Waals surface area (Å²) in [6.07, 6.45) is 2.94. The molecule has 4 heteroatoms. The van der Waals surface area contributed by atoms with E-state index in [1.165, 1.54) is 11.3 Å². The maximum atomic E-state index is 6.25. The van der Waals surface area contributed by atoms with Gasteiger partial charge in [0.05, 0.1) is 5.69 Å². The molecule has 0 spiro atoms. The molecule has 1 atom stereocenters. The first kappa shape index (κ1) is 22.6. The second-order valence-electron chi connectivity index (χ2n) is 10.3. The first-order valence-electron chi connectivity index (χ1n) is 13.2. The molecule has 0 amide bonds. The van der Waals surface area contributed by atoms with E-state index >= 15 is 0 Å². The molecule has 6 aromatic rings. The highest BCUT2D eigenvalue weighted by atomic mass is 16.3. The number of rotatable bonds is 5. The fraction of sp³-hybridized carbons (Fsp3) is 0.147. The smallest absolute Gasteiger partial charge is 0.154 e. The van der Waals surface area contributed by atoms with Crippen molar-refractivity contribution in [3.8, 4) is 11.1 Å². The summed E-state index contributed by atoms with van der Waals surface area (Å²) in [6, 6.07) is 35.9. The van der Waals surface area contributed by atoms with Gasteiger partial charge < -0.3 is 14.6 Å². The molecule has 1 unspecified atom stereocenters. The fourth-order valence-electron chi connectivity index (χ4n) is 5.92. The van der Waals surface area contributed by atoms with Crippen molar-refractivity contribution in [3.05, 3.63) is 115 Å². The van der Waals surface area contributed by atoms with Gasteiger partial charge in [-0.15, -0.1) is 0 Å². The van der Waals surface area contributed by atoms with Gasteiger partial charge in [0.15, 0.2) is 5.82 Å². The summed E-state index contributed by atoms with van der Waals surface area (Å²) in [5, 5.41) is 5.97. The predicted molar refractivity (Wildman–Crippen MR) is 158 cm³/mol. The fourth-order valence-corrected chi connectivity index (χ4v) is 5.92. The minimum atomic E-state index is 0.0908. The molecule has 0 fully saturated rings. The molecule has 1 aliphatic rings. The zero-order valence-electron chi connectivity index (χ0n) is 21.6. The van der Waals surface area contributed by atoms with E-state index in [2.05, 4.69) is 109 Å². The van der Waals surface area contributed by atoms with Gasteiger partial charge >= 0.3 is 0 Å². The van der Waals surface area contributed by atoms with Gasteiger partial charge in [0, 0.05) is 45.9 Å². The molecule has 0 saturated heterocycles. The van der Waals surface area contributed by atoms with Gasteiger partial charge in [-0.05, 0) is 53.9 Å². The summed E-state index contributed by atoms with van der Waals surface area (Å²) >= 11 is 0. The highest BCUT2D eigenvalue weighted by molar-refractivity contribution is 6.15. The monoisotopic (exact) mass is 495 g/mol. The lowest BCUT2D eigenvalue weighted by atomic mass is 9.82. The van der Waals surface area contributed by atoms with Crippen LogP contribution in [0.5, 0.6) is 0 Å². The second kappa shape index (κ2) is 8.77. The average Bonchev–Trinajstić information content (AvgIpc) is 3.50. The Hall–Kier alpha value is -4.57. The Balaban J connectivity index is 1.40. The molecular weight excluding hydrogens is 466 g/mol. The topological polar surface area (TPSA) is 41.3 Å². The highest BCUT2D eigenvalue weighted by Gasteiger charge is 2.38. The Bertz CT molecular complexity index is 1790. The molecule has 1 N–H and O–H groups in total. The van der Waals surface area contributed by atoms with Crippen LogP contribution in [0.3, 0.4) is 0 Å². The molecule has 1 aliphatic heterocycles. The molecule has 4 aromatic carbocycles. The van der Waals surface area contributed by atoms with Gasteiger partial charge in [0.1, 0.15) is 11.2 Å². The van der Waals surface area contributed by atoms with E-state index in [0.29, 0.717) is 0 Å². The number of fused-ring (bicyclic) bond motifs is 4. The van der Waals surface area contributed by atoms with Crippen LogP contribution in [0.2, 0.25) is 0 Å². The number of para-hydroxylation sites is 2. The first-order chi connectivity index (χ1) is 18.7. The Morgan fingerprint density at radius 2 is 1.58 bits per heavy atom. The number of benzene rings is 4. The molecule has 0 bridgehead atoms. The van der Waals surface area contributed by atoms with Crippen molar-refractivity contribution in [2.24, 2.45) is 0 Å². The number of hydrogen-bond acceptors (Lipinski definition) is 4. The Labute approximate surface area is 222 Å². The van der Waals surface area contributed by atoms with Crippen LogP contribution in [0.4, 0.5) is 22.9 Å². The number of furan rings is 1. The van der Waals surface area contributed by atoms with Gasteiger partial charge in [-0.1, -0.05) is 80.6 Å². The van der Waals surface area contributed by atoms with Crippen molar-refractivity contribution >= 4 is 44.8 Å². The molecule has 0 saturated carbocycles. The SMILES string of the molecule is CCC1(C)CN(c2cccnc2Nc2ccc3oc4ccccc4c3c2-c2ccccc2)c2ccccc21. The average molecular weight is 496 g/mol. The van der Waals surface area contributed by atoms with Crippen LogP contribution in [-0.4, -0.2) is 11.5 Å². The molecule has 3 heterocycles. The van der Waals surface area contributed by atoms with E-state index in [1.807, 2.05) is 24.4 Å². The minimum Gasteiger partial charge on any atom is -0.456 e. The molecule has 186 valence electrons. The van der Waals surface area contributed by atoms with Crippen molar-refractivity contribution in [1.82, 2.24) is 4.98 Å². The number of aromatic nitrogens is 1. The molecule has 7 rings (SSSR count). The number of anilines is 4. The first-order valence-corrected chi connectivity index (χ1v) is 13.2. The molecule has 4 nitrogen and oxygen atoms in total. The van der Waals surface area contributed by atoms with E-state index in [4.69, 9.17) is 9.40 Å². The third kappa shape index (κ3) is 3.48. The summed E-state index contributed by atoms with van der Waals surface area (Å²) < 4.78 is 6.25. The van der Waals surface area contributed by atoms with E-state index in [-0.39, 0.29) is 5.41 Å². The second-order valence-corrected chi connectivity index (χ2v) is 10.3. The summed E-state index contributed by atoms with van der Waals surface area (Å²) in [5.74, 6) is 0.840. The summed E-state index contributed by atoms with van der Waals surface area (Å²) in [6.45, 7) is 5.56. The maximum Gasteiger partial charge on any atom is 0.154 e. The lowest BCUT2D eigenvalue weighted by molar-refractivity contribution is 0.492. The van der Waals surface area contributed by atoms with Gasteiger partial charge in [0.2, 0.25) is 0 Å².